The van der Waals surface area contributed by atoms with Crippen LogP contribution in [-0.2, 0) is 13.0 Å². The van der Waals surface area contributed by atoms with Gasteiger partial charge in [0.15, 0.2) is 5.82 Å². The van der Waals surface area contributed by atoms with Crippen molar-refractivity contribution in [1.29, 1.82) is 0 Å². The van der Waals surface area contributed by atoms with Crippen molar-refractivity contribution < 1.29 is 9.59 Å². The Balaban J connectivity index is 1.84. The monoisotopic (exact) mass is 374 g/mol. The van der Waals surface area contributed by atoms with E-state index in [4.69, 9.17) is 0 Å². The third kappa shape index (κ3) is 4.36. The summed E-state index contributed by atoms with van der Waals surface area (Å²) in [4.78, 5) is 32.6. The number of fused-ring (bicyclic) bond motifs is 1. The molecule has 1 unspecified atom stereocenters. The minimum absolute atomic E-state index is 0.00549. The standard InChI is InChI=1S/C21H34N4O2/c1-4-16-9-5-7-13-24(16)21(27)19-23-18(17-10-6-8-14-25(17)19)20(26)22-12-11-15(2)3/h15-16H,4-14H2,1-3H3,(H,22,26). The van der Waals surface area contributed by atoms with E-state index in [1.807, 2.05) is 9.47 Å². The van der Waals surface area contributed by atoms with Crippen LogP contribution in [0.3, 0.4) is 0 Å². The largest absolute Gasteiger partial charge is 0.351 e. The van der Waals surface area contributed by atoms with Gasteiger partial charge in [0, 0.05) is 25.7 Å². The molecular formula is C21H34N4O2. The lowest BCUT2D eigenvalue weighted by Crippen LogP contribution is -2.44. The molecule has 0 radical (unpaired) electrons. The van der Waals surface area contributed by atoms with E-state index < -0.39 is 0 Å². The first-order chi connectivity index (χ1) is 13.0. The Morgan fingerprint density at radius 1 is 1.19 bits per heavy atom. The Kier molecular flexibility index (Phi) is 6.55. The molecule has 1 fully saturated rings. The Bertz CT molecular complexity index is 680. The summed E-state index contributed by atoms with van der Waals surface area (Å²) in [6.07, 6.45) is 8.14. The first-order valence-electron chi connectivity index (χ1n) is 10.7. The molecule has 0 bridgehead atoms. The fourth-order valence-electron chi connectivity index (χ4n) is 4.27. The number of rotatable bonds is 6. The van der Waals surface area contributed by atoms with Crippen LogP contribution >= 0.6 is 0 Å². The van der Waals surface area contributed by atoms with E-state index in [-0.39, 0.29) is 11.8 Å². The zero-order chi connectivity index (χ0) is 19.4. The molecule has 1 aromatic heterocycles. The predicted octanol–water partition coefficient (Wildman–Crippen LogP) is 3.40. The van der Waals surface area contributed by atoms with Gasteiger partial charge in [-0.25, -0.2) is 4.98 Å². The zero-order valence-electron chi connectivity index (χ0n) is 17.1. The van der Waals surface area contributed by atoms with E-state index >= 15 is 0 Å². The molecule has 6 nitrogen and oxygen atoms in total. The SMILES string of the molecule is CCC1CCCCN1C(=O)c1nc(C(=O)NCCC(C)C)c2n1CCCC2. The van der Waals surface area contributed by atoms with Crippen LogP contribution in [0.4, 0.5) is 0 Å². The molecule has 2 amide bonds. The van der Waals surface area contributed by atoms with E-state index in [2.05, 4.69) is 31.1 Å². The van der Waals surface area contributed by atoms with Gasteiger partial charge in [-0.15, -0.1) is 0 Å². The number of nitrogens with one attached hydrogen (secondary N) is 1. The highest BCUT2D eigenvalue weighted by Gasteiger charge is 2.33. The van der Waals surface area contributed by atoms with Crippen molar-refractivity contribution in [2.24, 2.45) is 5.92 Å². The third-order valence-corrected chi connectivity index (χ3v) is 5.89. The maximum Gasteiger partial charge on any atom is 0.290 e. The molecule has 0 saturated carbocycles. The molecule has 1 atom stereocenters. The van der Waals surface area contributed by atoms with Crippen LogP contribution in [0.1, 0.15) is 92.5 Å². The Hall–Kier alpha value is -1.85. The number of imidazole rings is 1. The highest BCUT2D eigenvalue weighted by molar-refractivity contribution is 5.97. The Labute approximate surface area is 162 Å². The third-order valence-electron chi connectivity index (χ3n) is 5.89. The molecule has 0 aliphatic carbocycles. The van der Waals surface area contributed by atoms with Crippen molar-refractivity contribution in [2.75, 3.05) is 13.1 Å². The Morgan fingerprint density at radius 3 is 2.70 bits per heavy atom. The highest BCUT2D eigenvalue weighted by Crippen LogP contribution is 2.25. The van der Waals surface area contributed by atoms with Crippen LogP contribution in [-0.4, -0.2) is 45.4 Å². The lowest BCUT2D eigenvalue weighted by atomic mass is 10.00. The minimum atomic E-state index is -0.133. The number of hydrogen-bond donors (Lipinski definition) is 1. The normalized spacial score (nSPS) is 19.9. The molecule has 1 saturated heterocycles. The van der Waals surface area contributed by atoms with Crippen molar-refractivity contribution in [3.05, 3.63) is 17.2 Å². The van der Waals surface area contributed by atoms with E-state index in [1.54, 1.807) is 0 Å². The molecule has 3 rings (SSSR count). The fraction of sp³-hybridized carbons (Fsp3) is 0.762. The molecule has 3 heterocycles. The summed E-state index contributed by atoms with van der Waals surface area (Å²) in [6, 6.07) is 0.297. The van der Waals surface area contributed by atoms with Crippen LogP contribution in [0.5, 0.6) is 0 Å². The molecule has 27 heavy (non-hydrogen) atoms. The van der Waals surface area contributed by atoms with E-state index in [0.717, 1.165) is 63.7 Å². The van der Waals surface area contributed by atoms with Gasteiger partial charge in [-0.1, -0.05) is 20.8 Å². The van der Waals surface area contributed by atoms with Gasteiger partial charge >= 0.3 is 0 Å². The second kappa shape index (κ2) is 8.89. The molecule has 6 heteroatoms. The maximum atomic E-state index is 13.3. The van der Waals surface area contributed by atoms with Crippen molar-refractivity contribution in [1.82, 2.24) is 19.8 Å². The number of aromatic nitrogens is 2. The van der Waals surface area contributed by atoms with E-state index in [1.165, 1.54) is 6.42 Å². The second-order valence-corrected chi connectivity index (χ2v) is 8.33. The number of piperidine rings is 1. The highest BCUT2D eigenvalue weighted by atomic mass is 16.2. The van der Waals surface area contributed by atoms with Gasteiger partial charge < -0.3 is 14.8 Å². The van der Waals surface area contributed by atoms with Gasteiger partial charge in [-0.3, -0.25) is 9.59 Å². The predicted molar refractivity (Wildman–Crippen MR) is 106 cm³/mol. The lowest BCUT2D eigenvalue weighted by Gasteiger charge is -2.35. The van der Waals surface area contributed by atoms with Gasteiger partial charge in [-0.2, -0.15) is 0 Å². The summed E-state index contributed by atoms with van der Waals surface area (Å²) in [5.74, 6) is 0.888. The molecule has 0 spiro atoms. The van der Waals surface area contributed by atoms with Gasteiger partial charge in [0.1, 0.15) is 5.69 Å². The summed E-state index contributed by atoms with van der Waals surface area (Å²) in [7, 11) is 0. The molecular weight excluding hydrogens is 340 g/mol. The summed E-state index contributed by atoms with van der Waals surface area (Å²) in [5.41, 5.74) is 1.41. The smallest absolute Gasteiger partial charge is 0.290 e. The minimum Gasteiger partial charge on any atom is -0.351 e. The second-order valence-electron chi connectivity index (χ2n) is 8.33. The van der Waals surface area contributed by atoms with Gasteiger partial charge in [0.05, 0.1) is 5.69 Å². The van der Waals surface area contributed by atoms with Crippen LogP contribution in [0.15, 0.2) is 0 Å². The zero-order valence-corrected chi connectivity index (χ0v) is 17.1. The number of carbonyl (C=O) groups is 2. The lowest BCUT2D eigenvalue weighted by molar-refractivity contribution is 0.0589. The van der Waals surface area contributed by atoms with E-state index in [0.29, 0.717) is 30.0 Å². The van der Waals surface area contributed by atoms with Crippen LogP contribution in [0.2, 0.25) is 0 Å². The average molecular weight is 375 g/mol. The quantitative estimate of drug-likeness (QED) is 0.830. The number of nitrogens with zero attached hydrogens (tertiary/aromatic N) is 3. The fourth-order valence-corrected chi connectivity index (χ4v) is 4.27. The van der Waals surface area contributed by atoms with E-state index in [9.17, 15) is 9.59 Å². The molecule has 2 aliphatic heterocycles. The molecule has 2 aliphatic rings. The number of likely N-dealkylation sites (tertiary alicyclic amines) is 1. The Morgan fingerprint density at radius 2 is 1.96 bits per heavy atom. The molecule has 150 valence electrons. The summed E-state index contributed by atoms with van der Waals surface area (Å²) in [6.45, 7) is 8.66. The van der Waals surface area contributed by atoms with Gasteiger partial charge in [-0.05, 0) is 57.3 Å². The molecule has 1 aromatic rings. The molecule has 1 N–H and O–H groups in total. The van der Waals surface area contributed by atoms with Crippen LogP contribution < -0.4 is 5.32 Å². The van der Waals surface area contributed by atoms with Gasteiger partial charge in [0.2, 0.25) is 0 Å². The van der Waals surface area contributed by atoms with Crippen molar-refractivity contribution >= 4 is 11.8 Å². The first kappa shape index (κ1) is 19.9. The number of hydrogen-bond acceptors (Lipinski definition) is 3. The maximum absolute atomic E-state index is 13.3. The van der Waals surface area contributed by atoms with Gasteiger partial charge in [0.25, 0.3) is 11.8 Å². The van der Waals surface area contributed by atoms with Crippen molar-refractivity contribution in [2.45, 2.75) is 84.7 Å². The van der Waals surface area contributed by atoms with Crippen LogP contribution in [0.25, 0.3) is 0 Å². The summed E-state index contributed by atoms with van der Waals surface area (Å²) in [5, 5.41) is 2.99. The first-order valence-corrected chi connectivity index (χ1v) is 10.7. The average Bonchev–Trinajstić information content (AvgIpc) is 3.07. The number of amides is 2. The summed E-state index contributed by atoms with van der Waals surface area (Å²) >= 11 is 0. The number of carbonyl (C=O) groups excluding carboxylic acids is 2. The molecule has 0 aromatic carbocycles. The topological polar surface area (TPSA) is 67.2 Å². The van der Waals surface area contributed by atoms with Crippen molar-refractivity contribution in [3.63, 3.8) is 0 Å². The van der Waals surface area contributed by atoms with Crippen molar-refractivity contribution in [3.8, 4) is 0 Å². The van der Waals surface area contributed by atoms with Crippen LogP contribution in [0, 0.1) is 5.92 Å². The summed E-state index contributed by atoms with van der Waals surface area (Å²) < 4.78 is 2.02.